The van der Waals surface area contributed by atoms with Gasteiger partial charge in [0, 0.05) is 11.8 Å². The number of aromatic amines is 1. The summed E-state index contributed by atoms with van der Waals surface area (Å²) >= 11 is 0. The van der Waals surface area contributed by atoms with Gasteiger partial charge >= 0.3 is 0 Å². The van der Waals surface area contributed by atoms with Crippen LogP contribution in [0.25, 0.3) is 5.78 Å². The van der Waals surface area contributed by atoms with Gasteiger partial charge in [0.15, 0.2) is 0 Å². The molecule has 2 aromatic rings. The van der Waals surface area contributed by atoms with Crippen LogP contribution in [0.3, 0.4) is 0 Å². The zero-order valence-corrected chi connectivity index (χ0v) is 10.6. The highest BCUT2D eigenvalue weighted by atomic mass is 16.1. The molecule has 0 bridgehead atoms. The lowest BCUT2D eigenvalue weighted by Gasteiger charge is -2.26. The second kappa shape index (κ2) is 4.20. The molecular weight excluding hydrogens is 230 g/mol. The summed E-state index contributed by atoms with van der Waals surface area (Å²) in [5.41, 5.74) is 0.586. The highest BCUT2D eigenvalue weighted by Gasteiger charge is 2.23. The summed E-state index contributed by atoms with van der Waals surface area (Å²) in [4.78, 5) is 20.5. The van der Waals surface area contributed by atoms with Crippen molar-refractivity contribution in [2.45, 2.75) is 32.7 Å². The van der Waals surface area contributed by atoms with Crippen molar-refractivity contribution in [3.63, 3.8) is 0 Å². The fourth-order valence-corrected chi connectivity index (χ4v) is 2.48. The van der Waals surface area contributed by atoms with E-state index < -0.39 is 0 Å². The average molecular weight is 247 g/mol. The lowest BCUT2D eigenvalue weighted by atomic mass is 9.94. The Kier molecular flexibility index (Phi) is 2.66. The van der Waals surface area contributed by atoms with Crippen molar-refractivity contribution in [2.75, 3.05) is 6.54 Å². The smallest absolute Gasteiger partial charge is 0.274 e. The Morgan fingerprint density at radius 1 is 1.44 bits per heavy atom. The van der Waals surface area contributed by atoms with E-state index in [0.717, 1.165) is 18.8 Å². The molecule has 0 amide bonds. The van der Waals surface area contributed by atoms with Crippen LogP contribution in [0.2, 0.25) is 0 Å². The number of nitrogens with zero attached hydrogens (tertiary/aromatic N) is 3. The molecule has 0 radical (unpaired) electrons. The lowest BCUT2D eigenvalue weighted by Crippen LogP contribution is -2.31. The molecule has 0 aliphatic carbocycles. The average Bonchev–Trinajstić information content (AvgIpc) is 2.73. The van der Waals surface area contributed by atoms with Crippen molar-refractivity contribution < 1.29 is 0 Å². The Balaban J connectivity index is 2.03. The molecule has 0 spiro atoms. The number of hydrogen-bond donors (Lipinski definition) is 2. The molecule has 2 N–H and O–H groups in total. The molecule has 2 unspecified atom stereocenters. The van der Waals surface area contributed by atoms with Gasteiger partial charge < -0.3 is 5.32 Å². The van der Waals surface area contributed by atoms with Crippen molar-refractivity contribution in [3.05, 3.63) is 27.9 Å². The molecule has 1 aliphatic heterocycles. The first-order valence-corrected chi connectivity index (χ1v) is 6.33. The van der Waals surface area contributed by atoms with Gasteiger partial charge in [-0.25, -0.2) is 4.98 Å². The van der Waals surface area contributed by atoms with E-state index in [2.05, 4.69) is 27.3 Å². The second-order valence-corrected chi connectivity index (χ2v) is 5.12. The topological polar surface area (TPSA) is 75.1 Å². The van der Waals surface area contributed by atoms with Gasteiger partial charge in [0.05, 0.1) is 6.04 Å². The standard InChI is InChI=1S/C12H17N5O/c1-7-3-4-13-9(5-7)11-15-12-14-8(2)6-10(18)17(12)16-11/h6-7,9,13H,3-5H2,1-2H3,(H,14,15,16). The number of nitrogens with one attached hydrogen (secondary N) is 2. The molecule has 3 rings (SSSR count). The SMILES string of the molecule is Cc1cc(=O)n2[nH]c(C3CC(C)CCN3)nc2n1. The first kappa shape index (κ1) is 11.4. The molecule has 1 fully saturated rings. The highest BCUT2D eigenvalue weighted by molar-refractivity contribution is 5.28. The summed E-state index contributed by atoms with van der Waals surface area (Å²) in [6.45, 7) is 5.03. The summed E-state index contributed by atoms with van der Waals surface area (Å²) in [5, 5.41) is 6.47. The zero-order valence-electron chi connectivity index (χ0n) is 10.6. The van der Waals surface area contributed by atoms with Crippen LogP contribution >= 0.6 is 0 Å². The Morgan fingerprint density at radius 2 is 2.28 bits per heavy atom. The van der Waals surface area contributed by atoms with Crippen LogP contribution in [0.5, 0.6) is 0 Å². The molecule has 6 nitrogen and oxygen atoms in total. The van der Waals surface area contributed by atoms with Crippen LogP contribution in [-0.2, 0) is 0 Å². The summed E-state index contributed by atoms with van der Waals surface area (Å²) in [5.74, 6) is 1.93. The van der Waals surface area contributed by atoms with E-state index >= 15 is 0 Å². The van der Waals surface area contributed by atoms with Crippen molar-refractivity contribution in [2.24, 2.45) is 5.92 Å². The Bertz CT molecular complexity index is 629. The molecule has 2 atom stereocenters. The molecule has 3 heterocycles. The van der Waals surface area contributed by atoms with Crippen molar-refractivity contribution in [1.29, 1.82) is 0 Å². The van der Waals surface area contributed by atoms with E-state index in [-0.39, 0.29) is 11.6 Å². The van der Waals surface area contributed by atoms with E-state index in [0.29, 0.717) is 17.4 Å². The minimum absolute atomic E-state index is 0.111. The number of rotatable bonds is 1. The Hall–Kier alpha value is -1.69. The lowest BCUT2D eigenvalue weighted by molar-refractivity contribution is 0.316. The Labute approximate surface area is 104 Å². The first-order valence-electron chi connectivity index (χ1n) is 6.33. The van der Waals surface area contributed by atoms with Crippen LogP contribution in [0.1, 0.15) is 37.3 Å². The molecule has 96 valence electrons. The molecule has 0 saturated carbocycles. The van der Waals surface area contributed by atoms with Gasteiger partial charge in [0.25, 0.3) is 11.3 Å². The second-order valence-electron chi connectivity index (χ2n) is 5.12. The predicted molar refractivity (Wildman–Crippen MR) is 67.5 cm³/mol. The van der Waals surface area contributed by atoms with Gasteiger partial charge in [-0.3, -0.25) is 9.89 Å². The van der Waals surface area contributed by atoms with Gasteiger partial charge in [-0.2, -0.15) is 9.50 Å². The van der Waals surface area contributed by atoms with Gasteiger partial charge in [0.1, 0.15) is 5.82 Å². The minimum atomic E-state index is -0.111. The van der Waals surface area contributed by atoms with Crippen molar-refractivity contribution in [1.82, 2.24) is 24.9 Å². The number of aromatic nitrogens is 4. The Morgan fingerprint density at radius 3 is 3.06 bits per heavy atom. The summed E-state index contributed by atoms with van der Waals surface area (Å²) in [7, 11) is 0. The van der Waals surface area contributed by atoms with Crippen molar-refractivity contribution in [3.8, 4) is 0 Å². The van der Waals surface area contributed by atoms with Gasteiger partial charge in [0.2, 0.25) is 0 Å². The molecule has 1 saturated heterocycles. The summed E-state index contributed by atoms with van der Waals surface area (Å²) in [6.07, 6.45) is 2.22. The fourth-order valence-electron chi connectivity index (χ4n) is 2.48. The third-order valence-corrected chi connectivity index (χ3v) is 3.47. The number of hydrogen-bond acceptors (Lipinski definition) is 4. The monoisotopic (exact) mass is 247 g/mol. The molecular formula is C12H17N5O. The zero-order chi connectivity index (χ0) is 12.7. The van der Waals surface area contributed by atoms with E-state index in [1.807, 2.05) is 0 Å². The number of fused-ring (bicyclic) bond motifs is 1. The van der Waals surface area contributed by atoms with Gasteiger partial charge in [-0.15, -0.1) is 0 Å². The maximum absolute atomic E-state index is 11.8. The fraction of sp³-hybridized carbons (Fsp3) is 0.583. The van der Waals surface area contributed by atoms with Gasteiger partial charge in [-0.05, 0) is 32.2 Å². The van der Waals surface area contributed by atoms with Crippen LogP contribution < -0.4 is 10.9 Å². The first-order chi connectivity index (χ1) is 8.63. The van der Waals surface area contributed by atoms with Crippen molar-refractivity contribution >= 4 is 5.78 Å². The third kappa shape index (κ3) is 1.92. The van der Waals surface area contributed by atoms with Crippen LogP contribution in [0.15, 0.2) is 10.9 Å². The number of H-pyrrole nitrogens is 1. The third-order valence-electron chi connectivity index (χ3n) is 3.47. The van der Waals surface area contributed by atoms with E-state index in [1.165, 1.54) is 17.0 Å². The molecule has 1 aliphatic rings. The molecule has 18 heavy (non-hydrogen) atoms. The molecule has 6 heteroatoms. The summed E-state index contributed by atoms with van der Waals surface area (Å²) in [6, 6.07) is 1.70. The van der Waals surface area contributed by atoms with Crippen LogP contribution in [0.4, 0.5) is 0 Å². The van der Waals surface area contributed by atoms with E-state index in [1.54, 1.807) is 6.92 Å². The van der Waals surface area contributed by atoms with E-state index in [4.69, 9.17) is 0 Å². The number of aryl methyl sites for hydroxylation is 1. The predicted octanol–water partition coefficient (Wildman–Crippen LogP) is 0.787. The van der Waals surface area contributed by atoms with E-state index in [9.17, 15) is 4.79 Å². The normalized spacial score (nSPS) is 24.6. The summed E-state index contributed by atoms with van der Waals surface area (Å²) < 4.78 is 1.41. The van der Waals surface area contributed by atoms with Crippen LogP contribution in [0, 0.1) is 12.8 Å². The number of piperidine rings is 1. The van der Waals surface area contributed by atoms with Crippen LogP contribution in [-0.4, -0.2) is 26.1 Å². The highest BCUT2D eigenvalue weighted by Crippen LogP contribution is 2.24. The molecule has 2 aromatic heterocycles. The molecule has 0 aromatic carbocycles. The maximum Gasteiger partial charge on any atom is 0.274 e. The maximum atomic E-state index is 11.8. The quantitative estimate of drug-likeness (QED) is 0.781. The van der Waals surface area contributed by atoms with Gasteiger partial charge in [-0.1, -0.05) is 6.92 Å². The minimum Gasteiger partial charge on any atom is -0.307 e. The largest absolute Gasteiger partial charge is 0.307 e.